The Hall–Kier alpha value is -7.16. The van der Waals surface area contributed by atoms with E-state index >= 15 is 0 Å². The molecule has 0 aliphatic rings. The van der Waals surface area contributed by atoms with E-state index in [1.54, 1.807) is 0 Å². The molecule has 0 saturated heterocycles. The third kappa shape index (κ3) is 4.81. The average molecular weight is 688 g/mol. The minimum absolute atomic E-state index is 0.872. The summed E-state index contributed by atoms with van der Waals surface area (Å²) in [4.78, 5) is 2.37. The van der Waals surface area contributed by atoms with E-state index in [0.29, 0.717) is 0 Å². The first kappa shape index (κ1) is 30.5. The Morgan fingerprint density at radius 2 is 0.870 bits per heavy atom. The van der Waals surface area contributed by atoms with Crippen molar-refractivity contribution in [1.82, 2.24) is 0 Å². The Morgan fingerprint density at radius 3 is 1.63 bits per heavy atom. The van der Waals surface area contributed by atoms with Crippen LogP contribution in [0, 0.1) is 0 Å². The predicted molar refractivity (Wildman–Crippen MR) is 229 cm³/mol. The van der Waals surface area contributed by atoms with Crippen molar-refractivity contribution < 1.29 is 4.42 Å². The van der Waals surface area contributed by atoms with E-state index in [1.165, 1.54) is 65.3 Å². The molecule has 0 radical (unpaired) electrons. The fourth-order valence-corrected chi connectivity index (χ4v) is 8.54. The number of hydrogen-bond donors (Lipinski definition) is 0. The highest BCUT2D eigenvalue weighted by Crippen LogP contribution is 2.45. The minimum Gasteiger partial charge on any atom is -0.456 e. The minimum atomic E-state index is 0.872. The Kier molecular flexibility index (Phi) is 6.90. The van der Waals surface area contributed by atoms with Gasteiger partial charge in [0.15, 0.2) is 0 Å². The summed E-state index contributed by atoms with van der Waals surface area (Å²) in [6.45, 7) is 0. The first-order valence-electron chi connectivity index (χ1n) is 18.5. The molecule has 1 heterocycles. The summed E-state index contributed by atoms with van der Waals surface area (Å²) in [5.41, 5.74) is 9.82. The van der Waals surface area contributed by atoms with Gasteiger partial charge in [0.2, 0.25) is 0 Å². The Morgan fingerprint density at radius 1 is 0.315 bits per heavy atom. The van der Waals surface area contributed by atoms with E-state index < -0.39 is 0 Å². The smallest absolute Gasteiger partial charge is 0.137 e. The zero-order chi connectivity index (χ0) is 35.6. The topological polar surface area (TPSA) is 16.4 Å². The maximum Gasteiger partial charge on any atom is 0.137 e. The number of rotatable bonds is 5. The third-order valence-electron chi connectivity index (χ3n) is 11.0. The second kappa shape index (κ2) is 12.2. The number of benzene rings is 10. The number of furan rings is 1. The van der Waals surface area contributed by atoms with Crippen molar-refractivity contribution in [2.45, 2.75) is 0 Å². The lowest BCUT2D eigenvalue weighted by atomic mass is 9.90. The van der Waals surface area contributed by atoms with Gasteiger partial charge in [-0.3, -0.25) is 0 Å². The average Bonchev–Trinajstić information content (AvgIpc) is 3.63. The zero-order valence-electron chi connectivity index (χ0n) is 29.4. The normalized spacial score (nSPS) is 11.7. The summed E-state index contributed by atoms with van der Waals surface area (Å²) in [7, 11) is 0. The SMILES string of the molecule is c1ccc2c(-c3ccc(N(c4ccc(-c5cc6ccccc6c6ccc7ccccc7c56)cc4)c4cccc5oc6ccccc6c45)cc3)cccc2c1. The van der Waals surface area contributed by atoms with Gasteiger partial charge in [0.1, 0.15) is 11.2 Å². The highest BCUT2D eigenvalue weighted by atomic mass is 16.3. The second-order valence-electron chi connectivity index (χ2n) is 14.1. The van der Waals surface area contributed by atoms with Crippen LogP contribution in [0.25, 0.3) is 87.3 Å². The highest BCUT2D eigenvalue weighted by Gasteiger charge is 2.20. The lowest BCUT2D eigenvalue weighted by molar-refractivity contribution is 0.669. The molecule has 2 heteroatoms. The molecule has 0 amide bonds. The van der Waals surface area contributed by atoms with Gasteiger partial charge in [0, 0.05) is 16.8 Å². The molecular formula is C52H33NO. The lowest BCUT2D eigenvalue weighted by Gasteiger charge is -2.27. The van der Waals surface area contributed by atoms with Crippen LogP contribution in [0.2, 0.25) is 0 Å². The zero-order valence-corrected chi connectivity index (χ0v) is 29.4. The second-order valence-corrected chi connectivity index (χ2v) is 14.1. The molecule has 0 fully saturated rings. The summed E-state index contributed by atoms with van der Waals surface area (Å²) < 4.78 is 6.39. The van der Waals surface area contributed by atoms with Gasteiger partial charge >= 0.3 is 0 Å². The molecule has 0 aliphatic heterocycles. The summed E-state index contributed by atoms with van der Waals surface area (Å²) >= 11 is 0. The van der Waals surface area contributed by atoms with Crippen LogP contribution in [0.4, 0.5) is 17.1 Å². The fourth-order valence-electron chi connectivity index (χ4n) is 8.54. The van der Waals surface area contributed by atoms with Gasteiger partial charge in [-0.1, -0.05) is 152 Å². The van der Waals surface area contributed by atoms with Crippen LogP contribution in [0.5, 0.6) is 0 Å². The maximum absolute atomic E-state index is 6.39. The van der Waals surface area contributed by atoms with Crippen molar-refractivity contribution in [1.29, 1.82) is 0 Å². The van der Waals surface area contributed by atoms with Crippen LogP contribution in [0.1, 0.15) is 0 Å². The fraction of sp³-hybridized carbons (Fsp3) is 0. The van der Waals surface area contributed by atoms with Crippen LogP contribution >= 0.6 is 0 Å². The molecule has 11 rings (SSSR count). The molecule has 2 nitrogen and oxygen atoms in total. The molecular weight excluding hydrogens is 655 g/mol. The van der Waals surface area contributed by atoms with Crippen LogP contribution < -0.4 is 4.90 Å². The third-order valence-corrected chi connectivity index (χ3v) is 11.0. The van der Waals surface area contributed by atoms with Crippen LogP contribution in [0.3, 0.4) is 0 Å². The lowest BCUT2D eigenvalue weighted by Crippen LogP contribution is -2.10. The monoisotopic (exact) mass is 687 g/mol. The molecule has 0 unspecified atom stereocenters. The van der Waals surface area contributed by atoms with E-state index in [-0.39, 0.29) is 0 Å². The summed E-state index contributed by atoms with van der Waals surface area (Å²) in [5.74, 6) is 0. The summed E-state index contributed by atoms with van der Waals surface area (Å²) in [6.07, 6.45) is 0. The van der Waals surface area contributed by atoms with Gasteiger partial charge in [0.25, 0.3) is 0 Å². The number of hydrogen-bond acceptors (Lipinski definition) is 2. The molecule has 1 aromatic heterocycles. The molecule has 0 aliphatic carbocycles. The van der Waals surface area contributed by atoms with E-state index in [1.807, 2.05) is 6.07 Å². The van der Waals surface area contributed by atoms with Crippen LogP contribution in [-0.2, 0) is 0 Å². The number of nitrogens with zero attached hydrogens (tertiary/aromatic N) is 1. The number of para-hydroxylation sites is 1. The van der Waals surface area contributed by atoms with Crippen molar-refractivity contribution in [3.05, 3.63) is 200 Å². The van der Waals surface area contributed by atoms with Gasteiger partial charge in [0.05, 0.1) is 11.1 Å². The standard InChI is InChI=1S/C52H33NO/c1-4-15-41-34(11-1)14-9-19-42(41)36-23-28-39(29-24-36)53(48-20-10-22-50-52(48)46-18-7-8-21-49(46)54-50)40-30-25-37(26-31-40)47-33-38-13-3-5-16-43(38)45-32-27-35-12-2-6-17-44(35)51(45)47/h1-33H. The van der Waals surface area contributed by atoms with Crippen LogP contribution in [-0.4, -0.2) is 0 Å². The molecule has 0 atom stereocenters. The molecule has 0 spiro atoms. The van der Waals surface area contributed by atoms with Gasteiger partial charge < -0.3 is 9.32 Å². The van der Waals surface area contributed by atoms with Gasteiger partial charge in [-0.2, -0.15) is 0 Å². The molecule has 252 valence electrons. The summed E-state index contributed by atoms with van der Waals surface area (Å²) in [5, 5.41) is 12.3. The molecule has 0 N–H and O–H groups in total. The number of anilines is 3. The first-order chi connectivity index (χ1) is 26.8. The summed E-state index contributed by atoms with van der Waals surface area (Å²) in [6, 6.07) is 72.3. The van der Waals surface area contributed by atoms with Crippen molar-refractivity contribution in [3.63, 3.8) is 0 Å². The van der Waals surface area contributed by atoms with Crippen molar-refractivity contribution in [3.8, 4) is 22.3 Å². The largest absolute Gasteiger partial charge is 0.456 e. The first-order valence-corrected chi connectivity index (χ1v) is 18.5. The Labute approximate surface area is 312 Å². The van der Waals surface area contributed by atoms with Gasteiger partial charge in [-0.05, 0) is 114 Å². The van der Waals surface area contributed by atoms with Crippen molar-refractivity contribution >= 4 is 82.1 Å². The van der Waals surface area contributed by atoms with Gasteiger partial charge in [-0.25, -0.2) is 0 Å². The van der Waals surface area contributed by atoms with Crippen molar-refractivity contribution in [2.75, 3.05) is 4.90 Å². The molecule has 0 bridgehead atoms. The molecule has 10 aromatic carbocycles. The highest BCUT2D eigenvalue weighted by molar-refractivity contribution is 6.23. The van der Waals surface area contributed by atoms with Gasteiger partial charge in [-0.15, -0.1) is 0 Å². The quantitative estimate of drug-likeness (QED) is 0.168. The van der Waals surface area contributed by atoms with E-state index in [9.17, 15) is 0 Å². The predicted octanol–water partition coefficient (Wildman–Crippen LogP) is 15.0. The van der Waals surface area contributed by atoms with Crippen LogP contribution in [0.15, 0.2) is 205 Å². The Balaban J connectivity index is 1.10. The molecule has 0 saturated carbocycles. The Bertz CT molecular complexity index is 3200. The van der Waals surface area contributed by atoms with E-state index in [0.717, 1.165) is 39.0 Å². The molecule has 54 heavy (non-hydrogen) atoms. The van der Waals surface area contributed by atoms with E-state index in [4.69, 9.17) is 4.42 Å². The number of fused-ring (bicyclic) bond motifs is 9. The molecule has 11 aromatic rings. The van der Waals surface area contributed by atoms with Crippen molar-refractivity contribution in [2.24, 2.45) is 0 Å². The maximum atomic E-state index is 6.39. The van der Waals surface area contributed by atoms with E-state index in [2.05, 4.69) is 199 Å².